The molecular weight excluding hydrogens is 404 g/mol. The maximum absolute atomic E-state index is 12.1. The summed E-state index contributed by atoms with van der Waals surface area (Å²) < 4.78 is 0. The van der Waals surface area contributed by atoms with Crippen LogP contribution in [-0.2, 0) is 4.79 Å². The second-order valence-electron chi connectivity index (χ2n) is 6.62. The zero-order chi connectivity index (χ0) is 20.4. The van der Waals surface area contributed by atoms with Crippen LogP contribution in [0.3, 0.4) is 0 Å². The third kappa shape index (κ3) is 4.10. The Balaban J connectivity index is 1.74. The molecule has 1 fully saturated rings. The van der Waals surface area contributed by atoms with E-state index in [1.807, 2.05) is 37.3 Å². The topological polar surface area (TPSA) is 103 Å². The lowest BCUT2D eigenvalue weighted by molar-refractivity contribution is -0.117. The zero-order valence-electron chi connectivity index (χ0n) is 16.0. The third-order valence-corrected chi connectivity index (χ3v) is 6.78. The van der Waals surface area contributed by atoms with Gasteiger partial charge < -0.3 is 10.6 Å². The molecule has 0 aliphatic heterocycles. The van der Waals surface area contributed by atoms with E-state index in [1.165, 1.54) is 22.7 Å². The van der Waals surface area contributed by atoms with E-state index in [1.54, 1.807) is 7.05 Å². The number of nitrogens with one attached hydrogen (secondary N) is 3. The number of hydrogen-bond acceptors (Lipinski definition) is 7. The third-order valence-electron chi connectivity index (χ3n) is 4.49. The monoisotopic (exact) mass is 424 g/mol. The summed E-state index contributed by atoms with van der Waals surface area (Å²) in [4.78, 5) is 27.5. The molecule has 1 aliphatic rings. The molecule has 1 amide bonds. The van der Waals surface area contributed by atoms with Gasteiger partial charge in [0.25, 0.3) is 0 Å². The molecule has 148 valence electrons. The fraction of sp³-hybridized carbons (Fsp3) is 0.250. The van der Waals surface area contributed by atoms with Crippen molar-refractivity contribution < 1.29 is 4.79 Å². The highest BCUT2D eigenvalue weighted by Crippen LogP contribution is 2.40. The zero-order valence-corrected chi connectivity index (χ0v) is 17.7. The lowest BCUT2D eigenvalue weighted by Crippen LogP contribution is -2.21. The van der Waals surface area contributed by atoms with E-state index in [9.17, 15) is 4.79 Å². The predicted molar refractivity (Wildman–Crippen MR) is 119 cm³/mol. The quantitative estimate of drug-likeness (QED) is 0.408. The van der Waals surface area contributed by atoms with Crippen LogP contribution < -0.4 is 10.6 Å². The van der Waals surface area contributed by atoms with Gasteiger partial charge in [-0.2, -0.15) is 0 Å². The van der Waals surface area contributed by atoms with E-state index in [2.05, 4.69) is 20.6 Å². The lowest BCUT2D eigenvalue weighted by atomic mass is 10.1. The standard InChI is InChI=1S/C20H20N6OS2/c1-11-15(29-20(24-11)26-18(27)13-8-9-13)19-25-14(12-6-4-3-5-7-12)16(28-19)17(22-2)23-10-21/h3-7,10,13H,8-9H2,1-2H3,(H2,21,22,23)(H,24,26,27). The fourth-order valence-electron chi connectivity index (χ4n) is 2.87. The normalized spacial score (nSPS) is 13.9. The Hall–Kier alpha value is -2.91. The van der Waals surface area contributed by atoms with E-state index in [0.717, 1.165) is 50.9 Å². The van der Waals surface area contributed by atoms with Crippen LogP contribution >= 0.6 is 22.7 Å². The van der Waals surface area contributed by atoms with Crippen molar-refractivity contribution in [2.75, 3.05) is 12.4 Å². The number of carbonyl (C=O) groups excluding carboxylic acids is 1. The van der Waals surface area contributed by atoms with Crippen molar-refractivity contribution in [1.82, 2.24) is 15.3 Å². The highest BCUT2D eigenvalue weighted by molar-refractivity contribution is 7.24. The van der Waals surface area contributed by atoms with Gasteiger partial charge in [0.2, 0.25) is 5.91 Å². The van der Waals surface area contributed by atoms with E-state index in [-0.39, 0.29) is 11.8 Å². The molecule has 0 bridgehead atoms. The minimum Gasteiger partial charge on any atom is -0.331 e. The Labute approximate surface area is 176 Å². The van der Waals surface area contributed by atoms with Crippen LogP contribution in [-0.4, -0.2) is 35.1 Å². The van der Waals surface area contributed by atoms with Crippen LogP contribution in [0.1, 0.15) is 23.4 Å². The molecule has 3 aromatic rings. The number of carbonyl (C=O) groups is 1. The van der Waals surface area contributed by atoms with Crippen LogP contribution in [0.15, 0.2) is 35.3 Å². The lowest BCUT2D eigenvalue weighted by Gasteiger charge is -2.04. The molecule has 29 heavy (non-hydrogen) atoms. The van der Waals surface area contributed by atoms with E-state index < -0.39 is 0 Å². The number of thiazole rings is 2. The summed E-state index contributed by atoms with van der Waals surface area (Å²) in [5.74, 6) is 0.770. The van der Waals surface area contributed by atoms with Crippen molar-refractivity contribution in [3.63, 3.8) is 0 Å². The highest BCUT2D eigenvalue weighted by atomic mass is 32.1. The summed E-state index contributed by atoms with van der Waals surface area (Å²) in [6, 6.07) is 9.90. The molecular formula is C20H20N6OS2. The number of anilines is 1. The van der Waals surface area contributed by atoms with Gasteiger partial charge in [0.15, 0.2) is 5.13 Å². The Morgan fingerprint density at radius 2 is 2.00 bits per heavy atom. The number of aromatic nitrogens is 2. The Morgan fingerprint density at radius 3 is 2.66 bits per heavy atom. The summed E-state index contributed by atoms with van der Waals surface area (Å²) in [7, 11) is 1.68. The van der Waals surface area contributed by atoms with Crippen molar-refractivity contribution in [3.05, 3.63) is 40.9 Å². The molecule has 2 aromatic heterocycles. The van der Waals surface area contributed by atoms with Gasteiger partial charge in [0, 0.05) is 18.5 Å². The van der Waals surface area contributed by atoms with E-state index >= 15 is 0 Å². The Morgan fingerprint density at radius 1 is 1.24 bits per heavy atom. The van der Waals surface area contributed by atoms with Crippen molar-refractivity contribution >= 4 is 45.9 Å². The average molecular weight is 425 g/mol. The molecule has 2 heterocycles. The van der Waals surface area contributed by atoms with Gasteiger partial charge >= 0.3 is 0 Å². The molecule has 1 aromatic carbocycles. The van der Waals surface area contributed by atoms with Crippen molar-refractivity contribution in [2.24, 2.45) is 10.9 Å². The molecule has 9 heteroatoms. The number of aliphatic imine (C=N–C) groups is 1. The minimum atomic E-state index is 0.0469. The molecule has 4 rings (SSSR count). The van der Waals surface area contributed by atoms with E-state index in [0.29, 0.717) is 11.0 Å². The molecule has 0 saturated heterocycles. The van der Waals surface area contributed by atoms with Gasteiger partial charge in [-0.3, -0.25) is 15.2 Å². The summed E-state index contributed by atoms with van der Waals surface area (Å²) in [6.45, 7) is 1.92. The number of amides is 1. The fourth-order valence-corrected chi connectivity index (χ4v) is 5.05. The van der Waals surface area contributed by atoms with Gasteiger partial charge in [-0.1, -0.05) is 41.7 Å². The van der Waals surface area contributed by atoms with Crippen LogP contribution in [0, 0.1) is 18.3 Å². The summed E-state index contributed by atoms with van der Waals surface area (Å²) >= 11 is 2.93. The van der Waals surface area contributed by atoms with Crippen LogP contribution in [0.2, 0.25) is 0 Å². The number of hydrogen-bond donors (Lipinski definition) is 3. The first kappa shape index (κ1) is 19.4. The molecule has 0 spiro atoms. The van der Waals surface area contributed by atoms with Crippen LogP contribution in [0.25, 0.3) is 21.1 Å². The molecule has 1 saturated carbocycles. The number of aryl methyl sites for hydroxylation is 1. The first-order chi connectivity index (χ1) is 14.1. The number of nitrogens with zero attached hydrogens (tertiary/aromatic N) is 3. The second-order valence-corrected chi connectivity index (χ2v) is 8.62. The summed E-state index contributed by atoms with van der Waals surface area (Å²) in [5.41, 5.74) is 2.61. The predicted octanol–water partition coefficient (Wildman–Crippen LogP) is 4.16. The molecule has 0 radical (unpaired) electrons. The number of benzene rings is 1. The van der Waals surface area contributed by atoms with Crippen LogP contribution in [0.5, 0.6) is 0 Å². The van der Waals surface area contributed by atoms with Gasteiger partial charge in [0.1, 0.15) is 10.8 Å². The maximum atomic E-state index is 12.1. The minimum absolute atomic E-state index is 0.0469. The second kappa shape index (κ2) is 8.22. The molecule has 1 aliphatic carbocycles. The smallest absolute Gasteiger partial charge is 0.229 e. The number of amidine groups is 1. The van der Waals surface area contributed by atoms with Crippen molar-refractivity contribution in [1.29, 1.82) is 5.41 Å². The maximum Gasteiger partial charge on any atom is 0.229 e. The molecule has 3 N–H and O–H groups in total. The highest BCUT2D eigenvalue weighted by Gasteiger charge is 2.30. The van der Waals surface area contributed by atoms with Crippen molar-refractivity contribution in [2.45, 2.75) is 19.8 Å². The van der Waals surface area contributed by atoms with Gasteiger partial charge in [-0.05, 0) is 19.8 Å². The van der Waals surface area contributed by atoms with Crippen LogP contribution in [0.4, 0.5) is 5.13 Å². The SMILES string of the molecule is C/N=C(\NC=N)c1sc(-c2sc(NC(=O)C3CC3)nc2C)nc1-c1ccccc1. The average Bonchev–Trinajstić information content (AvgIpc) is 3.40. The molecule has 0 unspecified atom stereocenters. The van der Waals surface area contributed by atoms with Gasteiger partial charge in [-0.25, -0.2) is 9.97 Å². The van der Waals surface area contributed by atoms with Crippen molar-refractivity contribution in [3.8, 4) is 21.1 Å². The van der Waals surface area contributed by atoms with E-state index in [4.69, 9.17) is 10.4 Å². The largest absolute Gasteiger partial charge is 0.331 e. The Bertz CT molecular complexity index is 1080. The molecule has 7 nitrogen and oxygen atoms in total. The Kier molecular flexibility index (Phi) is 5.50. The first-order valence-corrected chi connectivity index (χ1v) is 10.8. The number of rotatable bonds is 6. The summed E-state index contributed by atoms with van der Waals surface area (Å²) in [6.07, 6.45) is 3.02. The molecule has 0 atom stereocenters. The van der Waals surface area contributed by atoms with Gasteiger partial charge in [0.05, 0.1) is 27.5 Å². The van der Waals surface area contributed by atoms with Gasteiger partial charge in [-0.15, -0.1) is 11.3 Å². The first-order valence-electron chi connectivity index (χ1n) is 9.18. The summed E-state index contributed by atoms with van der Waals surface area (Å²) in [5, 5.41) is 14.6.